The molecule has 0 spiro atoms. The van der Waals surface area contributed by atoms with E-state index in [2.05, 4.69) is 10.3 Å². The van der Waals surface area contributed by atoms with Gasteiger partial charge in [0.1, 0.15) is 5.82 Å². The van der Waals surface area contributed by atoms with Gasteiger partial charge in [-0.15, -0.1) is 0 Å². The Morgan fingerprint density at radius 1 is 1.15 bits per heavy atom. The number of halogens is 1. The number of aromatic nitrogens is 1. The lowest BCUT2D eigenvalue weighted by molar-refractivity contribution is 0.212. The number of nitrogen functional groups attached to an aromatic ring is 1. The van der Waals surface area contributed by atoms with E-state index < -0.39 is 0 Å². The average molecular weight is 362 g/mol. The molecule has 0 atom stereocenters. The van der Waals surface area contributed by atoms with Crippen molar-refractivity contribution in [3.05, 3.63) is 77.4 Å². The van der Waals surface area contributed by atoms with Gasteiger partial charge in [-0.1, -0.05) is 12.1 Å². The Hall–Kier alpha value is -3.41. The van der Waals surface area contributed by atoms with Crippen molar-refractivity contribution >= 4 is 17.4 Å². The first-order chi connectivity index (χ1) is 13.0. The molecule has 0 bridgehead atoms. The minimum Gasteiger partial charge on any atom is -0.397 e. The fourth-order valence-electron chi connectivity index (χ4n) is 3.34. The van der Waals surface area contributed by atoms with Gasteiger partial charge >= 0.3 is 6.03 Å². The minimum atomic E-state index is -0.275. The maximum Gasteiger partial charge on any atom is 0.322 e. The number of aryl methyl sites for hydroxylation is 1. The Labute approximate surface area is 156 Å². The lowest BCUT2D eigenvalue weighted by atomic mass is 9.99. The third-order valence-electron chi connectivity index (χ3n) is 4.81. The summed E-state index contributed by atoms with van der Waals surface area (Å²) in [5.41, 5.74) is 11.8. The number of amides is 2. The van der Waals surface area contributed by atoms with E-state index in [-0.39, 0.29) is 11.8 Å². The average Bonchev–Trinajstić information content (AvgIpc) is 3.08. The van der Waals surface area contributed by atoms with Gasteiger partial charge < -0.3 is 16.0 Å². The van der Waals surface area contributed by atoms with Gasteiger partial charge in [0.25, 0.3) is 0 Å². The van der Waals surface area contributed by atoms with Crippen molar-refractivity contribution in [1.82, 2.24) is 9.88 Å². The van der Waals surface area contributed by atoms with E-state index in [1.807, 2.05) is 25.1 Å². The molecule has 2 heterocycles. The van der Waals surface area contributed by atoms with Gasteiger partial charge in [0.05, 0.1) is 11.4 Å². The zero-order valence-electron chi connectivity index (χ0n) is 14.9. The van der Waals surface area contributed by atoms with Gasteiger partial charge in [0.2, 0.25) is 0 Å². The van der Waals surface area contributed by atoms with Crippen LogP contribution in [-0.4, -0.2) is 15.9 Å². The molecule has 5 nitrogen and oxygen atoms in total. The standard InChI is InChI=1S/C21H19FN4O/c1-13-8-17(22)3-4-18(13)14-2-5-19(23)20(9-14)25-21(27)26-11-15-6-7-24-10-16(15)12-26/h2-10H,11-12,23H2,1H3,(H,25,27). The second-order valence-electron chi connectivity index (χ2n) is 6.69. The smallest absolute Gasteiger partial charge is 0.322 e. The van der Waals surface area contributed by atoms with E-state index in [9.17, 15) is 9.18 Å². The molecule has 1 aliphatic heterocycles. The summed E-state index contributed by atoms with van der Waals surface area (Å²) in [6.07, 6.45) is 3.52. The predicted molar refractivity (Wildman–Crippen MR) is 103 cm³/mol. The Balaban J connectivity index is 1.57. The van der Waals surface area contributed by atoms with Crippen molar-refractivity contribution in [2.24, 2.45) is 0 Å². The zero-order chi connectivity index (χ0) is 19.0. The van der Waals surface area contributed by atoms with E-state index in [1.165, 1.54) is 12.1 Å². The van der Waals surface area contributed by atoms with Crippen LogP contribution in [0.4, 0.5) is 20.6 Å². The summed E-state index contributed by atoms with van der Waals surface area (Å²) in [6, 6.07) is 11.8. The molecule has 2 amide bonds. The number of hydrogen-bond donors (Lipinski definition) is 2. The normalized spacial score (nSPS) is 12.7. The van der Waals surface area contributed by atoms with Crippen LogP contribution in [0.5, 0.6) is 0 Å². The molecule has 1 aromatic heterocycles. The van der Waals surface area contributed by atoms with Crippen LogP contribution in [0.2, 0.25) is 0 Å². The highest BCUT2D eigenvalue weighted by Crippen LogP contribution is 2.30. The summed E-state index contributed by atoms with van der Waals surface area (Å²) in [5.74, 6) is -0.275. The second kappa shape index (κ2) is 6.72. The summed E-state index contributed by atoms with van der Waals surface area (Å²) >= 11 is 0. The number of nitrogens with two attached hydrogens (primary N) is 1. The van der Waals surface area contributed by atoms with Crippen LogP contribution in [0.25, 0.3) is 11.1 Å². The number of nitrogens with zero attached hydrogens (tertiary/aromatic N) is 2. The second-order valence-corrected chi connectivity index (χ2v) is 6.69. The summed E-state index contributed by atoms with van der Waals surface area (Å²) in [7, 11) is 0. The fraction of sp³-hybridized carbons (Fsp3) is 0.143. The number of carbonyl (C=O) groups excluding carboxylic acids is 1. The first-order valence-electron chi connectivity index (χ1n) is 8.65. The molecular formula is C21H19FN4O. The van der Waals surface area contributed by atoms with Crippen LogP contribution in [0.3, 0.4) is 0 Å². The van der Waals surface area contributed by atoms with Crippen molar-refractivity contribution < 1.29 is 9.18 Å². The van der Waals surface area contributed by atoms with E-state index in [1.54, 1.807) is 29.4 Å². The molecule has 4 rings (SSSR count). The van der Waals surface area contributed by atoms with Crippen molar-refractivity contribution in [2.45, 2.75) is 20.0 Å². The van der Waals surface area contributed by atoms with E-state index in [4.69, 9.17) is 5.73 Å². The lowest BCUT2D eigenvalue weighted by Crippen LogP contribution is -2.30. The summed E-state index contributed by atoms with van der Waals surface area (Å²) in [6.45, 7) is 2.91. The predicted octanol–water partition coefficient (Wildman–Crippen LogP) is 4.33. The third-order valence-corrected chi connectivity index (χ3v) is 4.81. The number of fused-ring (bicyclic) bond motifs is 1. The highest BCUT2D eigenvalue weighted by Gasteiger charge is 2.23. The highest BCUT2D eigenvalue weighted by molar-refractivity contribution is 5.94. The molecule has 0 aliphatic carbocycles. The maximum absolute atomic E-state index is 13.4. The summed E-state index contributed by atoms with van der Waals surface area (Å²) in [5, 5.41) is 2.90. The molecule has 27 heavy (non-hydrogen) atoms. The van der Waals surface area contributed by atoms with E-state index in [0.717, 1.165) is 27.8 Å². The van der Waals surface area contributed by atoms with Crippen LogP contribution in [0.1, 0.15) is 16.7 Å². The van der Waals surface area contributed by atoms with Gasteiger partial charge in [-0.3, -0.25) is 4.98 Å². The fourth-order valence-corrected chi connectivity index (χ4v) is 3.34. The molecule has 6 heteroatoms. The number of carbonyl (C=O) groups is 1. The van der Waals surface area contributed by atoms with Crippen LogP contribution < -0.4 is 11.1 Å². The molecule has 0 saturated heterocycles. The van der Waals surface area contributed by atoms with Crippen LogP contribution in [-0.2, 0) is 13.1 Å². The monoisotopic (exact) mass is 362 g/mol. The van der Waals surface area contributed by atoms with Gasteiger partial charge in [0.15, 0.2) is 0 Å². The number of urea groups is 1. The van der Waals surface area contributed by atoms with Crippen molar-refractivity contribution in [3.63, 3.8) is 0 Å². The Morgan fingerprint density at radius 3 is 2.74 bits per heavy atom. The van der Waals surface area contributed by atoms with Gasteiger partial charge in [-0.25, -0.2) is 9.18 Å². The maximum atomic E-state index is 13.4. The van der Waals surface area contributed by atoms with E-state index >= 15 is 0 Å². The summed E-state index contributed by atoms with van der Waals surface area (Å²) in [4.78, 5) is 18.5. The van der Waals surface area contributed by atoms with Gasteiger partial charge in [-0.2, -0.15) is 0 Å². The number of nitrogens with one attached hydrogen (secondary N) is 1. The van der Waals surface area contributed by atoms with Crippen LogP contribution in [0.15, 0.2) is 54.9 Å². The Bertz CT molecular complexity index is 1010. The SMILES string of the molecule is Cc1cc(F)ccc1-c1ccc(N)c(NC(=O)N2Cc3ccncc3C2)c1. The summed E-state index contributed by atoms with van der Waals surface area (Å²) < 4.78 is 13.4. The number of benzene rings is 2. The molecule has 3 N–H and O–H groups in total. The van der Waals surface area contributed by atoms with Crippen molar-refractivity contribution in [3.8, 4) is 11.1 Å². The zero-order valence-corrected chi connectivity index (χ0v) is 14.9. The molecule has 0 saturated carbocycles. The Kier molecular flexibility index (Phi) is 4.24. The quantitative estimate of drug-likeness (QED) is 0.667. The molecule has 1 aliphatic rings. The largest absolute Gasteiger partial charge is 0.397 e. The van der Waals surface area contributed by atoms with Crippen LogP contribution >= 0.6 is 0 Å². The van der Waals surface area contributed by atoms with E-state index in [0.29, 0.717) is 24.5 Å². The third kappa shape index (κ3) is 3.33. The molecule has 0 fully saturated rings. The van der Waals surface area contributed by atoms with Crippen molar-refractivity contribution in [2.75, 3.05) is 11.1 Å². The van der Waals surface area contributed by atoms with Gasteiger partial charge in [0, 0.05) is 25.5 Å². The number of rotatable bonds is 2. The first kappa shape index (κ1) is 17.0. The molecule has 2 aromatic carbocycles. The minimum absolute atomic E-state index is 0.217. The number of hydrogen-bond acceptors (Lipinski definition) is 3. The number of pyridine rings is 1. The highest BCUT2D eigenvalue weighted by atomic mass is 19.1. The molecular weight excluding hydrogens is 343 g/mol. The topological polar surface area (TPSA) is 71.2 Å². The molecule has 136 valence electrons. The van der Waals surface area contributed by atoms with Crippen LogP contribution in [0, 0.1) is 12.7 Å². The number of anilines is 2. The Morgan fingerprint density at radius 2 is 1.96 bits per heavy atom. The van der Waals surface area contributed by atoms with Gasteiger partial charge in [-0.05, 0) is 65.1 Å². The first-order valence-corrected chi connectivity index (χ1v) is 8.65. The molecule has 0 unspecified atom stereocenters. The van der Waals surface area contributed by atoms with Crippen molar-refractivity contribution in [1.29, 1.82) is 0 Å². The molecule has 0 radical (unpaired) electrons. The lowest BCUT2D eigenvalue weighted by Gasteiger charge is -2.18. The molecule has 3 aromatic rings.